The van der Waals surface area contributed by atoms with E-state index in [0.29, 0.717) is 20.7 Å². The zero-order valence-corrected chi connectivity index (χ0v) is 21.3. The molecule has 1 aliphatic rings. The first kappa shape index (κ1) is 27.5. The summed E-state index contributed by atoms with van der Waals surface area (Å²) in [5.41, 5.74) is 1.02. The van der Waals surface area contributed by atoms with E-state index in [-0.39, 0.29) is 37.4 Å². The summed E-state index contributed by atoms with van der Waals surface area (Å²) in [6.07, 6.45) is -2.74. The quantitative estimate of drug-likeness (QED) is 0.424. The van der Waals surface area contributed by atoms with Crippen molar-refractivity contribution in [1.82, 2.24) is 25.2 Å². The lowest BCUT2D eigenvalue weighted by atomic mass is 10.1. The number of carbonyl (C=O) groups excluding carboxylic acids is 1. The molecule has 0 aliphatic carbocycles. The van der Waals surface area contributed by atoms with E-state index in [9.17, 15) is 27.9 Å². The van der Waals surface area contributed by atoms with Gasteiger partial charge in [-0.2, -0.15) is 13.2 Å². The lowest BCUT2D eigenvalue weighted by Crippen LogP contribution is -2.47. The second-order valence-corrected chi connectivity index (χ2v) is 9.94. The Balaban J connectivity index is 1.52. The first-order valence-electron chi connectivity index (χ1n) is 11.2. The van der Waals surface area contributed by atoms with E-state index in [4.69, 9.17) is 21.1 Å². The van der Waals surface area contributed by atoms with Crippen LogP contribution >= 0.6 is 22.9 Å². The Labute approximate surface area is 223 Å². The van der Waals surface area contributed by atoms with Crippen LogP contribution in [0, 0.1) is 0 Å². The summed E-state index contributed by atoms with van der Waals surface area (Å²) in [4.78, 5) is 36.5. The molecule has 1 aliphatic heterocycles. The van der Waals surface area contributed by atoms with E-state index < -0.39 is 36.1 Å². The third kappa shape index (κ3) is 6.88. The topological polar surface area (TPSA) is 127 Å². The molecule has 2 N–H and O–H groups in total. The molecule has 3 heterocycles. The maximum Gasteiger partial charge on any atom is 0.451 e. The monoisotopic (exact) mass is 571 g/mol. The van der Waals surface area contributed by atoms with E-state index in [0.717, 1.165) is 12.4 Å². The SMILES string of the molecule is C[C@@H](NC(=O)c1cc(OC[C@H]2CN(C(=O)O)CCO2)cc(-c2ncc(Cl)s2)c1)c1cnc(C(F)(F)F)nc1. The number of carboxylic acid groups (broad SMARTS) is 1. The number of benzene rings is 1. The summed E-state index contributed by atoms with van der Waals surface area (Å²) >= 11 is 7.22. The first-order valence-corrected chi connectivity index (χ1v) is 12.4. The van der Waals surface area contributed by atoms with Gasteiger partial charge in [-0.1, -0.05) is 11.6 Å². The van der Waals surface area contributed by atoms with Crippen molar-refractivity contribution < 1.29 is 37.3 Å². The maximum atomic E-state index is 13.1. The van der Waals surface area contributed by atoms with Gasteiger partial charge in [0.15, 0.2) is 0 Å². The smallest absolute Gasteiger partial charge is 0.451 e. The third-order valence-corrected chi connectivity index (χ3v) is 6.68. The van der Waals surface area contributed by atoms with Crippen molar-refractivity contribution in [2.45, 2.75) is 25.2 Å². The molecule has 0 saturated carbocycles. The molecule has 0 spiro atoms. The van der Waals surface area contributed by atoms with Crippen LogP contribution in [0.15, 0.2) is 36.8 Å². The number of morpholine rings is 1. The number of aromatic nitrogens is 3. The van der Waals surface area contributed by atoms with Crippen LogP contribution in [-0.4, -0.2) is 69.4 Å². The number of nitrogens with one attached hydrogen (secondary N) is 1. The molecule has 38 heavy (non-hydrogen) atoms. The number of hydrogen-bond acceptors (Lipinski definition) is 8. The van der Waals surface area contributed by atoms with Crippen LogP contribution in [0.3, 0.4) is 0 Å². The number of amides is 2. The van der Waals surface area contributed by atoms with Crippen molar-refractivity contribution in [1.29, 1.82) is 0 Å². The molecule has 1 fully saturated rings. The Kier molecular flexibility index (Phi) is 8.33. The molecule has 0 unspecified atom stereocenters. The largest absolute Gasteiger partial charge is 0.491 e. The summed E-state index contributed by atoms with van der Waals surface area (Å²) in [7, 11) is 0. The summed E-state index contributed by atoms with van der Waals surface area (Å²) in [5.74, 6) is -1.50. The van der Waals surface area contributed by atoms with Gasteiger partial charge in [0, 0.05) is 35.6 Å². The summed E-state index contributed by atoms with van der Waals surface area (Å²) in [6, 6.07) is 4.03. The minimum Gasteiger partial charge on any atom is -0.491 e. The van der Waals surface area contributed by atoms with Gasteiger partial charge in [-0.3, -0.25) is 4.79 Å². The van der Waals surface area contributed by atoms with Gasteiger partial charge in [0.2, 0.25) is 5.82 Å². The van der Waals surface area contributed by atoms with Gasteiger partial charge >= 0.3 is 12.3 Å². The van der Waals surface area contributed by atoms with Gasteiger partial charge < -0.3 is 24.8 Å². The average molecular weight is 572 g/mol. The van der Waals surface area contributed by atoms with Crippen molar-refractivity contribution >= 4 is 34.9 Å². The number of carbonyl (C=O) groups is 2. The van der Waals surface area contributed by atoms with Crippen LogP contribution in [0.4, 0.5) is 18.0 Å². The van der Waals surface area contributed by atoms with E-state index in [1.807, 2.05) is 0 Å². The number of halogens is 4. The van der Waals surface area contributed by atoms with Gasteiger partial charge in [-0.15, -0.1) is 11.3 Å². The van der Waals surface area contributed by atoms with Gasteiger partial charge in [-0.25, -0.2) is 19.7 Å². The highest BCUT2D eigenvalue weighted by Crippen LogP contribution is 2.32. The number of alkyl halides is 3. The van der Waals surface area contributed by atoms with E-state index in [1.54, 1.807) is 19.1 Å². The number of hydrogen-bond donors (Lipinski definition) is 2. The highest BCUT2D eigenvalue weighted by Gasteiger charge is 2.34. The standard InChI is InChI=1S/C23H21ClF3N5O5S/c1-12(15-7-29-21(30-8-15)23(25,26)27)31-19(33)13-4-14(20-28-9-18(24)38-20)6-16(5-13)37-11-17-10-32(22(34)35)2-3-36-17/h4-9,12,17H,2-3,10-11H2,1H3,(H,31,33)(H,34,35)/t12-,17-/m1/s1. The van der Waals surface area contributed by atoms with Crippen LogP contribution in [0.2, 0.25) is 4.34 Å². The molecule has 2 amide bonds. The van der Waals surface area contributed by atoms with Crippen molar-refractivity contribution in [2.24, 2.45) is 0 Å². The van der Waals surface area contributed by atoms with E-state index in [1.165, 1.54) is 28.5 Å². The Morgan fingerprint density at radius 2 is 2.00 bits per heavy atom. The van der Waals surface area contributed by atoms with Crippen molar-refractivity contribution in [3.05, 3.63) is 58.1 Å². The second kappa shape index (κ2) is 11.5. The van der Waals surface area contributed by atoms with Gasteiger partial charge in [0.05, 0.1) is 25.4 Å². The molecule has 202 valence electrons. The highest BCUT2D eigenvalue weighted by atomic mass is 35.5. The second-order valence-electron chi connectivity index (χ2n) is 8.28. The van der Waals surface area contributed by atoms with Crippen LogP contribution < -0.4 is 10.1 Å². The van der Waals surface area contributed by atoms with Gasteiger partial charge in [-0.05, 0) is 25.1 Å². The molecule has 1 saturated heterocycles. The predicted octanol–water partition coefficient (Wildman–Crippen LogP) is 4.52. The highest BCUT2D eigenvalue weighted by molar-refractivity contribution is 7.18. The fraction of sp³-hybridized carbons (Fsp3) is 0.348. The van der Waals surface area contributed by atoms with E-state index in [2.05, 4.69) is 20.3 Å². The Morgan fingerprint density at radius 1 is 1.26 bits per heavy atom. The minimum atomic E-state index is -4.67. The summed E-state index contributed by atoms with van der Waals surface area (Å²) in [6.45, 7) is 2.25. The molecule has 1 aromatic carbocycles. The zero-order chi connectivity index (χ0) is 27.4. The maximum absolute atomic E-state index is 13.1. The summed E-state index contributed by atoms with van der Waals surface area (Å²) < 4.78 is 50.1. The third-order valence-electron chi connectivity index (χ3n) is 5.51. The predicted molar refractivity (Wildman–Crippen MR) is 130 cm³/mol. The van der Waals surface area contributed by atoms with Crippen LogP contribution in [0.5, 0.6) is 5.75 Å². The molecule has 4 rings (SSSR count). The first-order chi connectivity index (χ1) is 18.0. The Bertz CT molecular complexity index is 1310. The van der Waals surface area contributed by atoms with Crippen LogP contribution in [0.25, 0.3) is 10.6 Å². The normalized spacial score (nSPS) is 16.7. The molecule has 10 nitrogen and oxygen atoms in total. The summed E-state index contributed by atoms with van der Waals surface area (Å²) in [5, 5.41) is 12.5. The molecule has 0 bridgehead atoms. The number of rotatable bonds is 7. The number of nitrogens with zero attached hydrogens (tertiary/aromatic N) is 4. The van der Waals surface area contributed by atoms with Crippen molar-refractivity contribution in [3.63, 3.8) is 0 Å². The molecule has 2 atom stereocenters. The van der Waals surface area contributed by atoms with Gasteiger partial charge in [0.1, 0.15) is 27.8 Å². The fourth-order valence-electron chi connectivity index (χ4n) is 3.58. The zero-order valence-electron chi connectivity index (χ0n) is 19.7. The molecule has 2 aromatic heterocycles. The Morgan fingerprint density at radius 3 is 2.63 bits per heavy atom. The lowest BCUT2D eigenvalue weighted by Gasteiger charge is -2.30. The molecule has 0 radical (unpaired) electrons. The number of ether oxygens (including phenoxy) is 2. The van der Waals surface area contributed by atoms with Crippen LogP contribution in [-0.2, 0) is 10.9 Å². The van der Waals surface area contributed by atoms with Crippen LogP contribution in [0.1, 0.15) is 34.7 Å². The minimum absolute atomic E-state index is 0.0339. The molecule has 15 heteroatoms. The Hall–Kier alpha value is -3.49. The van der Waals surface area contributed by atoms with Crippen molar-refractivity contribution in [2.75, 3.05) is 26.3 Å². The molecular weight excluding hydrogens is 551 g/mol. The average Bonchev–Trinajstić information content (AvgIpc) is 3.33. The lowest BCUT2D eigenvalue weighted by molar-refractivity contribution is -0.145. The molecular formula is C23H21ClF3N5O5S. The number of thiazole rings is 1. The van der Waals surface area contributed by atoms with Crippen molar-refractivity contribution in [3.8, 4) is 16.3 Å². The van der Waals surface area contributed by atoms with E-state index >= 15 is 0 Å². The van der Waals surface area contributed by atoms with Gasteiger partial charge in [0.25, 0.3) is 5.91 Å². The molecule has 3 aromatic rings. The fourth-order valence-corrected chi connectivity index (χ4v) is 4.48.